The van der Waals surface area contributed by atoms with Crippen LogP contribution in [0.25, 0.3) is 11.0 Å². The Morgan fingerprint density at radius 1 is 1.29 bits per heavy atom. The van der Waals surface area contributed by atoms with Gasteiger partial charge in [0.25, 0.3) is 5.91 Å². The summed E-state index contributed by atoms with van der Waals surface area (Å²) in [5.41, 5.74) is 3.02. The number of benzene rings is 2. The number of nitrogens with zero attached hydrogens (tertiary/aromatic N) is 3. The molecule has 0 aliphatic rings. The van der Waals surface area contributed by atoms with E-state index >= 15 is 0 Å². The smallest absolute Gasteiger partial charge is 0.255 e. The minimum atomic E-state index is -0.148. The van der Waals surface area contributed by atoms with Crippen LogP contribution in [0.1, 0.15) is 17.3 Å². The van der Waals surface area contributed by atoms with Gasteiger partial charge in [-0.05, 0) is 65.9 Å². The Bertz CT molecular complexity index is 812. The zero-order valence-corrected chi connectivity index (χ0v) is 13.5. The van der Waals surface area contributed by atoms with Crippen molar-refractivity contribution in [1.82, 2.24) is 15.0 Å². The number of rotatable bonds is 3. The molecule has 0 atom stereocenters. The molecule has 0 spiro atoms. The van der Waals surface area contributed by atoms with Crippen molar-refractivity contribution in [3.05, 3.63) is 51.6 Å². The highest BCUT2D eigenvalue weighted by molar-refractivity contribution is 14.1. The average molecular weight is 392 g/mol. The maximum Gasteiger partial charge on any atom is 0.255 e. The Hall–Kier alpha value is -1.96. The maximum atomic E-state index is 12.3. The van der Waals surface area contributed by atoms with Crippen LogP contribution < -0.4 is 5.32 Å². The van der Waals surface area contributed by atoms with Gasteiger partial charge in [0.05, 0.1) is 5.52 Å². The van der Waals surface area contributed by atoms with Crippen LogP contribution in [0.15, 0.2) is 42.5 Å². The number of fused-ring (bicyclic) bond motifs is 1. The molecule has 0 saturated carbocycles. The zero-order chi connectivity index (χ0) is 14.8. The molecule has 0 aliphatic carbocycles. The summed E-state index contributed by atoms with van der Waals surface area (Å²) in [4.78, 5) is 12.3. The van der Waals surface area contributed by atoms with Gasteiger partial charge in [-0.25, -0.2) is 4.68 Å². The number of carbonyl (C=O) groups is 1. The first kappa shape index (κ1) is 14.0. The first-order valence-corrected chi connectivity index (χ1v) is 7.65. The second-order valence-corrected chi connectivity index (χ2v) is 5.82. The highest BCUT2D eigenvalue weighted by atomic mass is 127. The van der Waals surface area contributed by atoms with Gasteiger partial charge in [-0.1, -0.05) is 11.3 Å². The molecular formula is C15H13IN4O. The van der Waals surface area contributed by atoms with E-state index in [2.05, 4.69) is 38.2 Å². The third kappa shape index (κ3) is 2.90. The van der Waals surface area contributed by atoms with E-state index in [1.54, 1.807) is 16.8 Å². The monoisotopic (exact) mass is 392 g/mol. The van der Waals surface area contributed by atoms with E-state index in [0.29, 0.717) is 5.56 Å². The Kier molecular flexibility index (Phi) is 3.87. The summed E-state index contributed by atoms with van der Waals surface area (Å²) in [7, 11) is 0. The predicted octanol–water partition coefficient (Wildman–Crippen LogP) is 3.31. The molecule has 0 bridgehead atoms. The van der Waals surface area contributed by atoms with Crippen LogP contribution >= 0.6 is 22.6 Å². The molecule has 1 heterocycles. The first-order valence-electron chi connectivity index (χ1n) is 6.57. The lowest BCUT2D eigenvalue weighted by atomic mass is 10.2. The number of amides is 1. The third-order valence-electron chi connectivity index (χ3n) is 3.16. The van der Waals surface area contributed by atoms with Gasteiger partial charge >= 0.3 is 0 Å². The Balaban J connectivity index is 1.87. The highest BCUT2D eigenvalue weighted by Gasteiger charge is 2.10. The molecule has 0 aliphatic heterocycles. The molecule has 1 aromatic heterocycles. The van der Waals surface area contributed by atoms with Gasteiger partial charge in [0.15, 0.2) is 0 Å². The number of carbonyl (C=O) groups excluding carboxylic acids is 1. The summed E-state index contributed by atoms with van der Waals surface area (Å²) in [5.74, 6) is -0.148. The van der Waals surface area contributed by atoms with Crippen molar-refractivity contribution in [3.8, 4) is 0 Å². The van der Waals surface area contributed by atoms with Crippen LogP contribution in [-0.4, -0.2) is 20.9 Å². The first-order chi connectivity index (χ1) is 10.2. The van der Waals surface area contributed by atoms with Gasteiger partial charge in [-0.15, -0.1) is 5.10 Å². The molecule has 106 valence electrons. The molecule has 1 amide bonds. The fourth-order valence-corrected chi connectivity index (χ4v) is 2.66. The summed E-state index contributed by atoms with van der Waals surface area (Å²) in [6, 6.07) is 13.1. The third-order valence-corrected chi connectivity index (χ3v) is 3.83. The molecule has 21 heavy (non-hydrogen) atoms. The summed E-state index contributed by atoms with van der Waals surface area (Å²) < 4.78 is 2.88. The number of nitrogens with one attached hydrogen (secondary N) is 1. The Labute approximate surface area is 135 Å². The van der Waals surface area contributed by atoms with Crippen LogP contribution in [-0.2, 0) is 6.54 Å². The minimum absolute atomic E-state index is 0.148. The van der Waals surface area contributed by atoms with Gasteiger partial charge in [-0.2, -0.15) is 0 Å². The fourth-order valence-electron chi connectivity index (χ4n) is 2.12. The lowest BCUT2D eigenvalue weighted by molar-refractivity contribution is 0.102. The molecule has 0 unspecified atom stereocenters. The number of hydrogen-bond donors (Lipinski definition) is 1. The van der Waals surface area contributed by atoms with Crippen molar-refractivity contribution in [2.75, 3.05) is 5.32 Å². The number of anilines is 1. The molecule has 0 saturated heterocycles. The number of aromatic nitrogens is 3. The molecule has 0 fully saturated rings. The van der Waals surface area contributed by atoms with Crippen LogP contribution in [0.4, 0.5) is 5.69 Å². The van der Waals surface area contributed by atoms with Crippen molar-refractivity contribution in [3.63, 3.8) is 0 Å². The van der Waals surface area contributed by atoms with Crippen molar-refractivity contribution < 1.29 is 4.79 Å². The molecule has 3 aromatic rings. The zero-order valence-electron chi connectivity index (χ0n) is 11.4. The van der Waals surface area contributed by atoms with Crippen molar-refractivity contribution in [2.45, 2.75) is 13.5 Å². The van der Waals surface area contributed by atoms with Gasteiger partial charge in [-0.3, -0.25) is 4.79 Å². The summed E-state index contributed by atoms with van der Waals surface area (Å²) in [6.07, 6.45) is 0. The van der Waals surface area contributed by atoms with E-state index in [9.17, 15) is 4.79 Å². The average Bonchev–Trinajstić information content (AvgIpc) is 2.89. The largest absolute Gasteiger partial charge is 0.322 e. The number of aryl methyl sites for hydroxylation is 1. The Morgan fingerprint density at radius 3 is 2.90 bits per heavy atom. The van der Waals surface area contributed by atoms with E-state index in [0.717, 1.165) is 26.8 Å². The van der Waals surface area contributed by atoms with E-state index < -0.39 is 0 Å². The van der Waals surface area contributed by atoms with E-state index in [-0.39, 0.29) is 5.91 Å². The SMILES string of the molecule is CCn1nnc2cc(C(=O)Nc3cccc(I)c3)ccc21. The van der Waals surface area contributed by atoms with Gasteiger partial charge in [0.2, 0.25) is 0 Å². The van der Waals surface area contributed by atoms with E-state index in [4.69, 9.17) is 0 Å². The highest BCUT2D eigenvalue weighted by Crippen LogP contribution is 2.16. The van der Waals surface area contributed by atoms with Gasteiger partial charge in [0.1, 0.15) is 5.52 Å². The van der Waals surface area contributed by atoms with Crippen LogP contribution in [0.3, 0.4) is 0 Å². The molecular weight excluding hydrogens is 379 g/mol. The quantitative estimate of drug-likeness (QED) is 0.696. The molecule has 6 heteroatoms. The van der Waals surface area contributed by atoms with Crippen molar-refractivity contribution in [2.24, 2.45) is 0 Å². The van der Waals surface area contributed by atoms with E-state index in [1.165, 1.54) is 0 Å². The number of halogens is 1. The summed E-state index contributed by atoms with van der Waals surface area (Å²) in [6.45, 7) is 2.76. The fraction of sp³-hybridized carbons (Fsp3) is 0.133. The van der Waals surface area contributed by atoms with E-state index in [1.807, 2.05) is 37.3 Å². The van der Waals surface area contributed by atoms with Crippen molar-refractivity contribution in [1.29, 1.82) is 0 Å². The lowest BCUT2D eigenvalue weighted by Crippen LogP contribution is -2.11. The van der Waals surface area contributed by atoms with Gasteiger partial charge < -0.3 is 5.32 Å². The van der Waals surface area contributed by atoms with Gasteiger partial charge in [0, 0.05) is 21.4 Å². The second-order valence-electron chi connectivity index (χ2n) is 4.57. The summed E-state index contributed by atoms with van der Waals surface area (Å²) in [5, 5.41) is 11.0. The van der Waals surface area contributed by atoms with Crippen LogP contribution in [0.2, 0.25) is 0 Å². The van der Waals surface area contributed by atoms with Crippen LogP contribution in [0, 0.1) is 3.57 Å². The standard InChI is InChI=1S/C15H13IN4O/c1-2-20-14-7-6-10(8-13(14)18-19-20)15(21)17-12-5-3-4-11(16)9-12/h3-9H,2H2,1H3,(H,17,21). The Morgan fingerprint density at radius 2 is 2.14 bits per heavy atom. The molecule has 3 rings (SSSR count). The maximum absolute atomic E-state index is 12.3. The molecule has 5 nitrogen and oxygen atoms in total. The minimum Gasteiger partial charge on any atom is -0.322 e. The second kappa shape index (κ2) is 5.80. The lowest BCUT2D eigenvalue weighted by Gasteiger charge is -2.05. The summed E-state index contributed by atoms with van der Waals surface area (Å²) >= 11 is 2.21. The predicted molar refractivity (Wildman–Crippen MR) is 90.3 cm³/mol. The topological polar surface area (TPSA) is 59.8 Å². The normalized spacial score (nSPS) is 10.8. The molecule has 2 aromatic carbocycles. The number of hydrogen-bond acceptors (Lipinski definition) is 3. The van der Waals surface area contributed by atoms with Crippen molar-refractivity contribution >= 4 is 45.2 Å². The molecule has 1 N–H and O–H groups in total. The van der Waals surface area contributed by atoms with Crippen LogP contribution in [0.5, 0.6) is 0 Å². The molecule has 0 radical (unpaired) electrons.